The van der Waals surface area contributed by atoms with Crippen molar-refractivity contribution in [3.8, 4) is 5.75 Å². The lowest BCUT2D eigenvalue weighted by Crippen LogP contribution is -2.90. The molecule has 2 aromatic rings. The molecular formula is C17H22NO5+. The molecule has 4 N–H and O–H groups in total. The lowest BCUT2D eigenvalue weighted by atomic mass is 10.0. The van der Waals surface area contributed by atoms with Crippen LogP contribution in [0.3, 0.4) is 0 Å². The largest absolute Gasteiger partial charge is 0.507 e. The van der Waals surface area contributed by atoms with Crippen molar-refractivity contribution in [1.82, 2.24) is 0 Å². The second-order valence-corrected chi connectivity index (χ2v) is 6.20. The summed E-state index contributed by atoms with van der Waals surface area (Å²) < 4.78 is 5.25. The van der Waals surface area contributed by atoms with Gasteiger partial charge in [-0.05, 0) is 30.5 Å². The molecule has 0 amide bonds. The second-order valence-electron chi connectivity index (χ2n) is 6.20. The standard InChI is InChI=1S/C17H21NO5/c1-9(2)6-13(17(21)22)18-8-12-14(19)5-4-11-10(3)7-15(20)23-16(11)12/h4-5,7,9,13,18-19H,6,8H2,1-3H3,(H,21,22)/p+1. The van der Waals surface area contributed by atoms with Crippen molar-refractivity contribution in [1.29, 1.82) is 0 Å². The zero-order chi connectivity index (χ0) is 17.1. The molecule has 1 aromatic heterocycles. The van der Waals surface area contributed by atoms with E-state index in [0.29, 0.717) is 17.6 Å². The highest BCUT2D eigenvalue weighted by Crippen LogP contribution is 2.27. The number of hydrogen-bond acceptors (Lipinski definition) is 4. The molecule has 0 radical (unpaired) electrons. The van der Waals surface area contributed by atoms with Gasteiger partial charge in [0.1, 0.15) is 12.3 Å². The smallest absolute Gasteiger partial charge is 0.362 e. The van der Waals surface area contributed by atoms with E-state index in [2.05, 4.69) is 0 Å². The average molecular weight is 320 g/mol. The summed E-state index contributed by atoms with van der Waals surface area (Å²) in [7, 11) is 0. The molecule has 1 heterocycles. The van der Waals surface area contributed by atoms with Crippen LogP contribution < -0.4 is 10.9 Å². The van der Waals surface area contributed by atoms with E-state index in [1.165, 1.54) is 12.1 Å². The van der Waals surface area contributed by atoms with Crippen LogP contribution in [-0.2, 0) is 11.3 Å². The highest BCUT2D eigenvalue weighted by atomic mass is 16.4. The number of rotatable bonds is 6. The molecule has 2 rings (SSSR count). The van der Waals surface area contributed by atoms with Crippen molar-refractivity contribution in [2.45, 2.75) is 39.8 Å². The Morgan fingerprint density at radius 1 is 1.35 bits per heavy atom. The number of nitrogens with two attached hydrogens (primary N) is 1. The third-order valence-corrected chi connectivity index (χ3v) is 3.85. The Hall–Kier alpha value is -2.34. The fraction of sp³-hybridized carbons (Fsp3) is 0.412. The molecule has 1 unspecified atom stereocenters. The molecule has 23 heavy (non-hydrogen) atoms. The van der Waals surface area contributed by atoms with Gasteiger partial charge in [0.25, 0.3) is 0 Å². The minimum atomic E-state index is -0.893. The van der Waals surface area contributed by atoms with Crippen molar-refractivity contribution < 1.29 is 24.7 Å². The molecule has 0 aliphatic carbocycles. The number of phenolic OH excluding ortho intramolecular Hbond substituents is 1. The first-order valence-electron chi connectivity index (χ1n) is 7.61. The maximum absolute atomic E-state index is 11.6. The van der Waals surface area contributed by atoms with Crippen LogP contribution in [0.2, 0.25) is 0 Å². The van der Waals surface area contributed by atoms with Gasteiger partial charge in [-0.15, -0.1) is 0 Å². The van der Waals surface area contributed by atoms with Gasteiger partial charge in [-0.25, -0.2) is 9.59 Å². The van der Waals surface area contributed by atoms with Crippen LogP contribution in [0, 0.1) is 12.8 Å². The molecule has 1 atom stereocenters. The lowest BCUT2D eigenvalue weighted by Gasteiger charge is -2.14. The molecule has 0 fully saturated rings. The summed E-state index contributed by atoms with van der Waals surface area (Å²) in [5.74, 6) is -0.652. The van der Waals surface area contributed by atoms with Crippen molar-refractivity contribution in [2.24, 2.45) is 5.92 Å². The number of hydrogen-bond donors (Lipinski definition) is 3. The van der Waals surface area contributed by atoms with E-state index in [1.54, 1.807) is 18.3 Å². The summed E-state index contributed by atoms with van der Waals surface area (Å²) in [6, 6.07) is 4.01. The summed E-state index contributed by atoms with van der Waals surface area (Å²) in [5.41, 5.74) is 1.03. The Bertz CT molecular complexity index is 778. The Morgan fingerprint density at radius 3 is 2.65 bits per heavy atom. The van der Waals surface area contributed by atoms with Gasteiger partial charge >= 0.3 is 11.6 Å². The maximum Gasteiger partial charge on any atom is 0.362 e. The number of benzene rings is 1. The van der Waals surface area contributed by atoms with Crippen LogP contribution in [0.1, 0.15) is 31.4 Å². The van der Waals surface area contributed by atoms with Crippen LogP contribution in [0.4, 0.5) is 0 Å². The monoisotopic (exact) mass is 320 g/mol. The minimum Gasteiger partial charge on any atom is -0.507 e. The van der Waals surface area contributed by atoms with E-state index in [0.717, 1.165) is 10.9 Å². The fourth-order valence-electron chi connectivity index (χ4n) is 2.69. The van der Waals surface area contributed by atoms with Crippen LogP contribution in [0.15, 0.2) is 27.4 Å². The van der Waals surface area contributed by atoms with Crippen molar-refractivity contribution in [2.75, 3.05) is 0 Å². The van der Waals surface area contributed by atoms with Gasteiger partial charge in [0.05, 0.1) is 5.56 Å². The molecule has 0 saturated carbocycles. The normalized spacial score (nSPS) is 12.7. The Balaban J connectivity index is 2.37. The van der Waals surface area contributed by atoms with Gasteiger partial charge in [-0.3, -0.25) is 0 Å². The second kappa shape index (κ2) is 6.83. The van der Waals surface area contributed by atoms with Crippen LogP contribution in [-0.4, -0.2) is 22.2 Å². The number of fused-ring (bicyclic) bond motifs is 1. The molecule has 0 spiro atoms. The van der Waals surface area contributed by atoms with E-state index >= 15 is 0 Å². The summed E-state index contributed by atoms with van der Waals surface area (Å²) in [5, 5.41) is 21.8. The van der Waals surface area contributed by atoms with E-state index < -0.39 is 17.6 Å². The van der Waals surface area contributed by atoms with Gasteiger partial charge in [0.2, 0.25) is 0 Å². The number of aryl methyl sites for hydroxylation is 1. The van der Waals surface area contributed by atoms with Crippen molar-refractivity contribution >= 4 is 16.9 Å². The van der Waals surface area contributed by atoms with E-state index in [-0.39, 0.29) is 18.2 Å². The first kappa shape index (κ1) is 17.0. The van der Waals surface area contributed by atoms with Gasteiger partial charge in [0, 0.05) is 17.9 Å². The zero-order valence-corrected chi connectivity index (χ0v) is 13.5. The summed E-state index contributed by atoms with van der Waals surface area (Å²) >= 11 is 0. The summed E-state index contributed by atoms with van der Waals surface area (Å²) in [6.45, 7) is 5.94. The number of quaternary nitrogens is 1. The minimum absolute atomic E-state index is 0.00353. The molecule has 124 valence electrons. The zero-order valence-electron chi connectivity index (χ0n) is 13.5. The molecule has 0 saturated heterocycles. The predicted molar refractivity (Wildman–Crippen MR) is 85.4 cm³/mol. The van der Waals surface area contributed by atoms with Crippen LogP contribution >= 0.6 is 0 Å². The highest BCUT2D eigenvalue weighted by molar-refractivity contribution is 5.84. The molecular weight excluding hydrogens is 298 g/mol. The predicted octanol–water partition coefficient (Wildman–Crippen LogP) is 1.37. The van der Waals surface area contributed by atoms with Gasteiger partial charge in [-0.1, -0.05) is 13.8 Å². The first-order chi connectivity index (χ1) is 10.8. The number of phenols is 1. The van der Waals surface area contributed by atoms with E-state index in [9.17, 15) is 19.8 Å². The third kappa shape index (κ3) is 3.90. The van der Waals surface area contributed by atoms with E-state index in [4.69, 9.17) is 4.42 Å². The van der Waals surface area contributed by atoms with Gasteiger partial charge in [-0.2, -0.15) is 0 Å². The number of carbonyl (C=O) groups is 1. The Labute approximate surface area is 133 Å². The SMILES string of the molecule is Cc1cc(=O)oc2c(C[NH2+]C(CC(C)C)C(=O)O)c(O)ccc12. The molecule has 0 aliphatic heterocycles. The van der Waals surface area contributed by atoms with E-state index in [1.807, 2.05) is 13.8 Å². The average Bonchev–Trinajstić information content (AvgIpc) is 2.43. The Morgan fingerprint density at radius 2 is 2.04 bits per heavy atom. The van der Waals surface area contributed by atoms with Gasteiger partial charge in [0.15, 0.2) is 11.6 Å². The van der Waals surface area contributed by atoms with Crippen molar-refractivity contribution in [3.63, 3.8) is 0 Å². The molecule has 0 bridgehead atoms. The molecule has 1 aromatic carbocycles. The number of aromatic hydroxyl groups is 1. The summed E-state index contributed by atoms with van der Waals surface area (Å²) in [6.07, 6.45) is 0.518. The van der Waals surface area contributed by atoms with Crippen LogP contribution in [0.5, 0.6) is 5.75 Å². The quantitative estimate of drug-likeness (QED) is 0.697. The topological polar surface area (TPSA) is 104 Å². The number of carboxylic acids is 1. The molecule has 6 heteroatoms. The maximum atomic E-state index is 11.6. The third-order valence-electron chi connectivity index (χ3n) is 3.85. The first-order valence-corrected chi connectivity index (χ1v) is 7.61. The number of carboxylic acid groups (broad SMARTS) is 1. The van der Waals surface area contributed by atoms with Crippen LogP contribution in [0.25, 0.3) is 11.0 Å². The van der Waals surface area contributed by atoms with Gasteiger partial charge < -0.3 is 19.9 Å². The highest BCUT2D eigenvalue weighted by Gasteiger charge is 2.23. The fourth-order valence-corrected chi connectivity index (χ4v) is 2.69. The molecule has 6 nitrogen and oxygen atoms in total. The number of aliphatic carboxylic acids is 1. The summed E-state index contributed by atoms with van der Waals surface area (Å²) in [4.78, 5) is 23.0. The lowest BCUT2D eigenvalue weighted by molar-refractivity contribution is -0.694. The van der Waals surface area contributed by atoms with Crippen molar-refractivity contribution in [3.05, 3.63) is 39.7 Å². The Kier molecular flexibility index (Phi) is 5.05. The molecule has 0 aliphatic rings.